The van der Waals surface area contributed by atoms with Gasteiger partial charge in [0.1, 0.15) is 18.1 Å². The molecule has 0 aliphatic carbocycles. The Morgan fingerprint density at radius 3 is 2.14 bits per heavy atom. The molecule has 0 spiro atoms. The van der Waals surface area contributed by atoms with Gasteiger partial charge in [-0.3, -0.25) is 14.4 Å². The molecule has 9 nitrogen and oxygen atoms in total. The van der Waals surface area contributed by atoms with Gasteiger partial charge >= 0.3 is 11.9 Å². The molecule has 1 aromatic rings. The van der Waals surface area contributed by atoms with Crippen LogP contribution in [-0.4, -0.2) is 56.8 Å². The van der Waals surface area contributed by atoms with Crippen LogP contribution in [0.1, 0.15) is 32.3 Å². The van der Waals surface area contributed by atoms with Gasteiger partial charge in [0.2, 0.25) is 11.8 Å². The number of benzene rings is 1. The van der Waals surface area contributed by atoms with E-state index in [0.29, 0.717) is 0 Å². The first-order valence-corrected chi connectivity index (χ1v) is 9.43. The molecule has 1 aromatic carbocycles. The first kappa shape index (κ1) is 24.4. The maximum atomic E-state index is 12.7. The molecule has 0 fully saturated rings. The highest BCUT2D eigenvalue weighted by molar-refractivity contribution is 7.81. The second kappa shape index (κ2) is 10.8. The van der Waals surface area contributed by atoms with Gasteiger partial charge in [-0.05, 0) is 25.8 Å². The van der Waals surface area contributed by atoms with Crippen molar-refractivity contribution in [1.82, 2.24) is 10.6 Å². The quantitative estimate of drug-likeness (QED) is 0.276. The van der Waals surface area contributed by atoms with E-state index in [1.165, 1.54) is 0 Å². The Hall–Kier alpha value is -2.59. The molecule has 0 saturated carbocycles. The van der Waals surface area contributed by atoms with Crippen molar-refractivity contribution in [3.05, 3.63) is 35.9 Å². The fourth-order valence-electron chi connectivity index (χ4n) is 2.51. The van der Waals surface area contributed by atoms with E-state index in [2.05, 4.69) is 23.3 Å². The van der Waals surface area contributed by atoms with E-state index in [9.17, 15) is 24.3 Å². The monoisotopic (exact) mass is 425 g/mol. The molecule has 0 heterocycles. The number of amides is 2. The molecule has 0 unspecified atom stereocenters. The van der Waals surface area contributed by atoms with Gasteiger partial charge in [0, 0.05) is 17.6 Å². The van der Waals surface area contributed by atoms with E-state index >= 15 is 0 Å². The summed E-state index contributed by atoms with van der Waals surface area (Å²) in [5.74, 6) is -3.73. The van der Waals surface area contributed by atoms with Crippen molar-refractivity contribution in [3.8, 4) is 0 Å². The summed E-state index contributed by atoms with van der Waals surface area (Å²) in [4.78, 5) is 47.2. The van der Waals surface area contributed by atoms with Crippen LogP contribution in [0.15, 0.2) is 30.3 Å². The van der Waals surface area contributed by atoms with Crippen LogP contribution in [0.5, 0.6) is 0 Å². The van der Waals surface area contributed by atoms with Crippen LogP contribution in [0.4, 0.5) is 0 Å². The molecule has 1 rings (SSSR count). The summed E-state index contributed by atoms with van der Waals surface area (Å²) in [6.07, 6.45) is -0.231. The van der Waals surface area contributed by atoms with E-state index in [4.69, 9.17) is 10.8 Å². The molecule has 6 N–H and O–H groups in total. The number of hydrogen-bond acceptors (Lipinski definition) is 6. The maximum Gasteiger partial charge on any atom is 0.326 e. The average Bonchev–Trinajstić information content (AvgIpc) is 2.63. The number of carboxylic acid groups (broad SMARTS) is 2. The highest BCUT2D eigenvalue weighted by atomic mass is 32.1. The summed E-state index contributed by atoms with van der Waals surface area (Å²) in [6, 6.07) is 5.28. The van der Waals surface area contributed by atoms with Crippen LogP contribution in [0.3, 0.4) is 0 Å². The van der Waals surface area contributed by atoms with E-state index < -0.39 is 46.6 Å². The molecule has 0 aromatic heterocycles. The number of carbonyl (C=O) groups is 4. The first-order valence-electron chi connectivity index (χ1n) is 8.99. The lowest BCUT2D eigenvalue weighted by atomic mass is 10.00. The first-order chi connectivity index (χ1) is 13.4. The molecule has 0 aliphatic rings. The van der Waals surface area contributed by atoms with Gasteiger partial charge in [0.15, 0.2) is 0 Å². The third kappa shape index (κ3) is 8.53. The lowest BCUT2D eigenvalue weighted by molar-refractivity contribution is -0.142. The van der Waals surface area contributed by atoms with Gasteiger partial charge in [0.05, 0.1) is 0 Å². The standard InChI is InChI=1S/C19H27N3O6S/c1-19(2,29)15(22-14(23)9-8-12(20)17(25)26)16(24)21-13(18(27)28)10-11-6-4-3-5-7-11/h3-7,12-13,15,29H,8-10,20H2,1-2H3,(H,21,24)(H,22,23)(H,25,26)(H,27,28)/t12-,13-,15+/m0/s1. The molecule has 10 heteroatoms. The smallest absolute Gasteiger partial charge is 0.326 e. The van der Waals surface area contributed by atoms with Gasteiger partial charge in [0.25, 0.3) is 0 Å². The maximum absolute atomic E-state index is 12.7. The molecule has 160 valence electrons. The molecule has 2 amide bonds. The van der Waals surface area contributed by atoms with Gasteiger partial charge in [-0.15, -0.1) is 0 Å². The summed E-state index contributed by atoms with van der Waals surface area (Å²) < 4.78 is -1.01. The zero-order valence-electron chi connectivity index (χ0n) is 16.3. The Bertz CT molecular complexity index is 735. The molecular weight excluding hydrogens is 398 g/mol. The lowest BCUT2D eigenvalue weighted by Crippen LogP contribution is -2.58. The van der Waals surface area contributed by atoms with Crippen LogP contribution in [-0.2, 0) is 25.6 Å². The summed E-state index contributed by atoms with van der Waals surface area (Å²) in [7, 11) is 0. The fraction of sp³-hybridized carbons (Fsp3) is 0.474. The highest BCUT2D eigenvalue weighted by Crippen LogP contribution is 2.19. The Morgan fingerprint density at radius 2 is 1.66 bits per heavy atom. The number of nitrogens with two attached hydrogens (primary N) is 1. The van der Waals surface area contributed by atoms with Gasteiger partial charge < -0.3 is 26.6 Å². The minimum absolute atomic E-state index is 0.0725. The predicted octanol–water partition coefficient (Wildman–Crippen LogP) is 0.184. The van der Waals surface area contributed by atoms with Crippen molar-refractivity contribution in [3.63, 3.8) is 0 Å². The van der Waals surface area contributed by atoms with Gasteiger partial charge in [-0.1, -0.05) is 30.3 Å². The Labute approximate surface area is 174 Å². The molecule has 0 bridgehead atoms. The van der Waals surface area contributed by atoms with Crippen molar-refractivity contribution < 1.29 is 29.4 Å². The lowest BCUT2D eigenvalue weighted by Gasteiger charge is -2.30. The predicted molar refractivity (Wildman–Crippen MR) is 110 cm³/mol. The van der Waals surface area contributed by atoms with E-state index in [0.717, 1.165) is 5.56 Å². The molecular formula is C19H27N3O6S. The van der Waals surface area contributed by atoms with Crippen molar-refractivity contribution >= 4 is 36.4 Å². The van der Waals surface area contributed by atoms with E-state index in [1.54, 1.807) is 44.2 Å². The Morgan fingerprint density at radius 1 is 1.07 bits per heavy atom. The van der Waals surface area contributed by atoms with Crippen molar-refractivity contribution in [2.75, 3.05) is 0 Å². The molecule has 29 heavy (non-hydrogen) atoms. The van der Waals surface area contributed by atoms with E-state index in [-0.39, 0.29) is 19.3 Å². The normalized spacial score (nSPS) is 14.3. The fourth-order valence-corrected chi connectivity index (χ4v) is 2.69. The van der Waals surface area contributed by atoms with Crippen LogP contribution < -0.4 is 16.4 Å². The number of hydrogen-bond donors (Lipinski definition) is 6. The summed E-state index contributed by atoms with van der Waals surface area (Å²) in [5.41, 5.74) is 6.10. The van der Waals surface area contributed by atoms with Crippen LogP contribution in [0, 0.1) is 0 Å². The Kier molecular flexibility index (Phi) is 9.12. The van der Waals surface area contributed by atoms with Crippen LogP contribution in [0.2, 0.25) is 0 Å². The van der Waals surface area contributed by atoms with Gasteiger partial charge in [-0.2, -0.15) is 12.6 Å². The third-order valence-corrected chi connectivity index (χ3v) is 4.43. The minimum atomic E-state index is -1.23. The van der Waals surface area contributed by atoms with Gasteiger partial charge in [-0.25, -0.2) is 4.79 Å². The second-order valence-corrected chi connectivity index (χ2v) is 8.38. The zero-order valence-corrected chi connectivity index (χ0v) is 17.2. The molecule has 0 aliphatic heterocycles. The molecule has 0 radical (unpaired) electrons. The number of carboxylic acids is 2. The minimum Gasteiger partial charge on any atom is -0.480 e. The summed E-state index contributed by atoms with van der Waals surface area (Å²) in [5, 5.41) is 23.2. The molecule has 3 atom stereocenters. The van der Waals surface area contributed by atoms with Crippen molar-refractivity contribution in [1.29, 1.82) is 0 Å². The van der Waals surface area contributed by atoms with E-state index in [1.807, 2.05) is 0 Å². The summed E-state index contributed by atoms with van der Waals surface area (Å²) in [6.45, 7) is 3.19. The topological polar surface area (TPSA) is 159 Å². The summed E-state index contributed by atoms with van der Waals surface area (Å²) >= 11 is 4.34. The van der Waals surface area contributed by atoms with Crippen molar-refractivity contribution in [2.45, 2.75) is 56.0 Å². The van der Waals surface area contributed by atoms with Crippen molar-refractivity contribution in [2.24, 2.45) is 5.73 Å². The van der Waals surface area contributed by atoms with Crippen LogP contribution in [0.25, 0.3) is 0 Å². The average molecular weight is 426 g/mol. The number of rotatable bonds is 11. The Balaban J connectivity index is 2.82. The second-order valence-electron chi connectivity index (χ2n) is 7.23. The molecule has 0 saturated heterocycles. The number of carbonyl (C=O) groups excluding carboxylic acids is 2. The highest BCUT2D eigenvalue weighted by Gasteiger charge is 2.35. The largest absolute Gasteiger partial charge is 0.480 e. The third-order valence-electron chi connectivity index (χ3n) is 4.17. The number of aliphatic carboxylic acids is 2. The van der Waals surface area contributed by atoms with Crippen LogP contribution >= 0.6 is 12.6 Å². The SMILES string of the molecule is CC(C)(S)[C@H](NC(=O)CC[C@H](N)C(=O)O)C(=O)N[C@@H](Cc1ccccc1)C(=O)O. The number of thiol groups is 1. The number of nitrogens with one attached hydrogen (secondary N) is 2. The zero-order chi connectivity index (χ0) is 22.2.